The van der Waals surface area contributed by atoms with Gasteiger partial charge in [-0.25, -0.2) is 0 Å². The van der Waals surface area contributed by atoms with Crippen LogP contribution in [-0.2, 0) is 4.79 Å². The molecule has 0 aromatic heterocycles. The molecule has 3 heteroatoms. The van der Waals surface area contributed by atoms with E-state index < -0.39 is 11.9 Å². The topological polar surface area (TPSA) is 46.5 Å². The fourth-order valence-electron chi connectivity index (χ4n) is 1.61. The quantitative estimate of drug-likeness (QED) is 0.889. The van der Waals surface area contributed by atoms with Crippen molar-refractivity contribution in [1.82, 2.24) is 0 Å². The predicted molar refractivity (Wildman–Crippen MR) is 69.0 cm³/mol. The largest absolute Gasteiger partial charge is 0.481 e. The number of para-hydroxylation sites is 1. The van der Waals surface area contributed by atoms with E-state index in [0.29, 0.717) is 5.75 Å². The number of carbonyl (C=O) groups is 1. The molecule has 0 spiro atoms. The van der Waals surface area contributed by atoms with Gasteiger partial charge in [-0.05, 0) is 36.8 Å². The lowest BCUT2D eigenvalue weighted by atomic mass is 10.0. The lowest BCUT2D eigenvalue weighted by molar-refractivity contribution is -0.138. The van der Waals surface area contributed by atoms with Crippen LogP contribution >= 0.6 is 0 Å². The van der Waals surface area contributed by atoms with Crippen LogP contribution < -0.4 is 4.74 Å². The minimum atomic E-state index is -0.841. The molecule has 0 aliphatic heterocycles. The highest BCUT2D eigenvalue weighted by Crippen LogP contribution is 2.25. The van der Waals surface area contributed by atoms with Crippen molar-refractivity contribution in [3.05, 3.63) is 60.2 Å². The van der Waals surface area contributed by atoms with E-state index in [9.17, 15) is 4.79 Å². The van der Waals surface area contributed by atoms with Crippen LogP contribution in [0.2, 0.25) is 0 Å². The van der Waals surface area contributed by atoms with Crippen LogP contribution in [0.5, 0.6) is 11.5 Å². The Hall–Kier alpha value is -2.29. The van der Waals surface area contributed by atoms with Gasteiger partial charge in [0.1, 0.15) is 11.5 Å². The van der Waals surface area contributed by atoms with Gasteiger partial charge < -0.3 is 9.84 Å². The highest BCUT2D eigenvalue weighted by molar-refractivity contribution is 5.75. The first-order chi connectivity index (χ1) is 8.66. The molecule has 0 heterocycles. The fraction of sp³-hybridized carbons (Fsp3) is 0.133. The summed E-state index contributed by atoms with van der Waals surface area (Å²) in [4.78, 5) is 10.9. The maximum atomic E-state index is 10.9. The van der Waals surface area contributed by atoms with E-state index in [1.54, 1.807) is 25.1 Å². The zero-order valence-corrected chi connectivity index (χ0v) is 10.0. The van der Waals surface area contributed by atoms with Crippen molar-refractivity contribution in [3.63, 3.8) is 0 Å². The summed E-state index contributed by atoms with van der Waals surface area (Å²) in [5, 5.41) is 8.98. The molecule has 2 rings (SSSR count). The van der Waals surface area contributed by atoms with Crippen molar-refractivity contribution in [1.29, 1.82) is 0 Å². The van der Waals surface area contributed by atoms with E-state index in [1.807, 2.05) is 36.4 Å². The summed E-state index contributed by atoms with van der Waals surface area (Å²) in [6.07, 6.45) is 0. The third-order valence-electron chi connectivity index (χ3n) is 2.71. The zero-order valence-electron chi connectivity index (χ0n) is 10.0. The van der Waals surface area contributed by atoms with Crippen molar-refractivity contribution in [2.24, 2.45) is 0 Å². The molecule has 92 valence electrons. The SMILES string of the molecule is C[C@H](C(=O)O)c1cccc(Oc2ccccc2)c1. The first-order valence-electron chi connectivity index (χ1n) is 5.72. The molecular formula is C15H14O3. The van der Waals surface area contributed by atoms with E-state index in [-0.39, 0.29) is 0 Å². The molecule has 0 saturated carbocycles. The second-order valence-corrected chi connectivity index (χ2v) is 4.05. The third-order valence-corrected chi connectivity index (χ3v) is 2.71. The van der Waals surface area contributed by atoms with Crippen LogP contribution in [0.3, 0.4) is 0 Å². The highest BCUT2D eigenvalue weighted by Gasteiger charge is 2.13. The van der Waals surface area contributed by atoms with Crippen molar-refractivity contribution in [3.8, 4) is 11.5 Å². The lowest BCUT2D eigenvalue weighted by Crippen LogP contribution is -2.07. The van der Waals surface area contributed by atoms with Gasteiger partial charge in [-0.3, -0.25) is 4.79 Å². The van der Waals surface area contributed by atoms with Crippen molar-refractivity contribution < 1.29 is 14.6 Å². The van der Waals surface area contributed by atoms with Crippen LogP contribution in [-0.4, -0.2) is 11.1 Å². The predicted octanol–water partition coefficient (Wildman–Crippen LogP) is 3.67. The van der Waals surface area contributed by atoms with Crippen LogP contribution in [0.4, 0.5) is 0 Å². The number of benzene rings is 2. The summed E-state index contributed by atoms with van der Waals surface area (Å²) < 4.78 is 5.66. The molecule has 18 heavy (non-hydrogen) atoms. The first-order valence-corrected chi connectivity index (χ1v) is 5.72. The van der Waals surface area contributed by atoms with Gasteiger partial charge in [0.05, 0.1) is 5.92 Å². The molecule has 1 N–H and O–H groups in total. The molecular weight excluding hydrogens is 228 g/mol. The summed E-state index contributed by atoms with van der Waals surface area (Å²) in [5.74, 6) is 0.000567. The van der Waals surface area contributed by atoms with Crippen molar-refractivity contribution >= 4 is 5.97 Å². The highest BCUT2D eigenvalue weighted by atomic mass is 16.5. The Kier molecular flexibility index (Phi) is 3.63. The number of rotatable bonds is 4. The molecule has 1 atom stereocenters. The fourth-order valence-corrected chi connectivity index (χ4v) is 1.61. The molecule has 0 saturated heterocycles. The second-order valence-electron chi connectivity index (χ2n) is 4.05. The molecule has 0 radical (unpaired) electrons. The number of hydrogen-bond acceptors (Lipinski definition) is 2. The molecule has 0 fully saturated rings. The second kappa shape index (κ2) is 5.36. The van der Waals surface area contributed by atoms with Gasteiger partial charge >= 0.3 is 5.97 Å². The number of ether oxygens (including phenoxy) is 1. The standard InChI is InChI=1S/C15H14O3/c1-11(15(16)17)12-6-5-9-14(10-12)18-13-7-3-2-4-8-13/h2-11H,1H3,(H,16,17)/t11-/m0/s1. The molecule has 0 amide bonds. The van der Waals surface area contributed by atoms with Gasteiger partial charge in [-0.15, -0.1) is 0 Å². The summed E-state index contributed by atoms with van der Waals surface area (Å²) >= 11 is 0. The van der Waals surface area contributed by atoms with E-state index in [0.717, 1.165) is 11.3 Å². The average Bonchev–Trinajstić information content (AvgIpc) is 2.39. The summed E-state index contributed by atoms with van der Waals surface area (Å²) in [6.45, 7) is 1.66. The normalized spacial score (nSPS) is 11.8. The maximum absolute atomic E-state index is 10.9. The molecule has 0 aliphatic rings. The van der Waals surface area contributed by atoms with Crippen molar-refractivity contribution in [2.45, 2.75) is 12.8 Å². The molecule has 3 nitrogen and oxygen atoms in total. The monoisotopic (exact) mass is 242 g/mol. The summed E-state index contributed by atoms with van der Waals surface area (Å²) in [5.41, 5.74) is 0.732. The van der Waals surface area contributed by atoms with E-state index >= 15 is 0 Å². The smallest absolute Gasteiger partial charge is 0.310 e. The Morgan fingerprint density at radius 1 is 1.06 bits per heavy atom. The van der Waals surface area contributed by atoms with Gasteiger partial charge in [0, 0.05) is 0 Å². The Labute approximate surface area is 106 Å². The maximum Gasteiger partial charge on any atom is 0.310 e. The van der Waals surface area contributed by atoms with Gasteiger partial charge in [0.25, 0.3) is 0 Å². The van der Waals surface area contributed by atoms with Crippen LogP contribution in [0.25, 0.3) is 0 Å². The first kappa shape index (κ1) is 12.2. The average molecular weight is 242 g/mol. The third kappa shape index (κ3) is 2.88. The molecule has 0 bridgehead atoms. The minimum absolute atomic E-state index is 0.538. The van der Waals surface area contributed by atoms with Gasteiger partial charge in [-0.1, -0.05) is 30.3 Å². The minimum Gasteiger partial charge on any atom is -0.481 e. The summed E-state index contributed by atoms with van der Waals surface area (Å²) in [6, 6.07) is 16.6. The van der Waals surface area contributed by atoms with E-state index in [1.165, 1.54) is 0 Å². The van der Waals surface area contributed by atoms with Crippen LogP contribution in [0, 0.1) is 0 Å². The Bertz CT molecular complexity index is 534. The Morgan fingerprint density at radius 3 is 2.39 bits per heavy atom. The van der Waals surface area contributed by atoms with E-state index in [4.69, 9.17) is 9.84 Å². The zero-order chi connectivity index (χ0) is 13.0. The molecule has 2 aromatic rings. The van der Waals surface area contributed by atoms with Gasteiger partial charge in [0.15, 0.2) is 0 Å². The number of aliphatic carboxylic acids is 1. The Morgan fingerprint density at radius 2 is 1.72 bits per heavy atom. The van der Waals surface area contributed by atoms with Crippen LogP contribution in [0.15, 0.2) is 54.6 Å². The van der Waals surface area contributed by atoms with Gasteiger partial charge in [-0.2, -0.15) is 0 Å². The number of carboxylic acids is 1. The Balaban J connectivity index is 2.20. The van der Waals surface area contributed by atoms with E-state index in [2.05, 4.69) is 0 Å². The number of hydrogen-bond donors (Lipinski definition) is 1. The molecule has 0 aliphatic carbocycles. The number of carboxylic acid groups (broad SMARTS) is 1. The van der Waals surface area contributed by atoms with Crippen LogP contribution in [0.1, 0.15) is 18.4 Å². The van der Waals surface area contributed by atoms with Crippen molar-refractivity contribution in [2.75, 3.05) is 0 Å². The molecule has 0 unspecified atom stereocenters. The molecule has 2 aromatic carbocycles. The lowest BCUT2D eigenvalue weighted by Gasteiger charge is -2.10. The summed E-state index contributed by atoms with van der Waals surface area (Å²) in [7, 11) is 0. The van der Waals surface area contributed by atoms with Gasteiger partial charge in [0.2, 0.25) is 0 Å².